The molecule has 0 saturated heterocycles. The predicted octanol–water partition coefficient (Wildman–Crippen LogP) is 3.88. The highest BCUT2D eigenvalue weighted by atomic mass is 35.5. The van der Waals surface area contributed by atoms with E-state index in [-0.39, 0.29) is 12.4 Å². The Morgan fingerprint density at radius 1 is 1.16 bits per heavy atom. The molecule has 6 heteroatoms. The number of esters is 1. The van der Waals surface area contributed by atoms with Gasteiger partial charge >= 0.3 is 5.97 Å². The summed E-state index contributed by atoms with van der Waals surface area (Å²) < 4.78 is 10.2. The van der Waals surface area contributed by atoms with Crippen molar-refractivity contribution < 1.29 is 14.3 Å². The number of methoxy groups -OCH3 is 1. The largest absolute Gasteiger partial charge is 0.464 e. The van der Waals surface area contributed by atoms with Crippen LogP contribution in [0.4, 0.5) is 0 Å². The Labute approximate surface area is 159 Å². The van der Waals surface area contributed by atoms with Crippen molar-refractivity contribution in [1.29, 1.82) is 0 Å². The molecule has 0 spiro atoms. The summed E-state index contributed by atoms with van der Waals surface area (Å²) >= 11 is 6.03. The molecule has 0 unspecified atom stereocenters. The molecule has 2 aromatic carbocycles. The van der Waals surface area contributed by atoms with Crippen LogP contribution < -0.4 is 5.73 Å². The van der Waals surface area contributed by atoms with Crippen LogP contribution in [0.2, 0.25) is 5.02 Å². The molecule has 0 aromatic heterocycles. The van der Waals surface area contributed by atoms with Crippen molar-refractivity contribution in [3.8, 4) is 11.1 Å². The minimum Gasteiger partial charge on any atom is -0.464 e. The Hall–Kier alpha value is -1.59. The number of ether oxygens (including phenoxy) is 2. The van der Waals surface area contributed by atoms with Crippen LogP contribution in [-0.2, 0) is 20.7 Å². The second-order valence-corrected chi connectivity index (χ2v) is 5.92. The van der Waals surface area contributed by atoms with Gasteiger partial charge in [0.05, 0.1) is 6.61 Å². The maximum atomic E-state index is 11.8. The molecule has 0 heterocycles. The van der Waals surface area contributed by atoms with E-state index in [9.17, 15) is 4.79 Å². The third-order valence-corrected chi connectivity index (χ3v) is 3.98. The van der Waals surface area contributed by atoms with Crippen molar-refractivity contribution >= 4 is 30.0 Å². The van der Waals surface area contributed by atoms with Crippen molar-refractivity contribution in [3.05, 3.63) is 59.1 Å². The summed E-state index contributed by atoms with van der Waals surface area (Å²) in [5.41, 5.74) is 9.27. The Balaban J connectivity index is 0.00000312. The van der Waals surface area contributed by atoms with Gasteiger partial charge < -0.3 is 15.2 Å². The van der Waals surface area contributed by atoms with Gasteiger partial charge in [0.15, 0.2) is 6.10 Å². The molecule has 0 radical (unpaired) electrons. The normalized spacial score (nSPS) is 12.8. The summed E-state index contributed by atoms with van der Waals surface area (Å²) in [6, 6.07) is 15.2. The number of carbonyl (C=O) groups is 1. The lowest BCUT2D eigenvalue weighted by atomic mass is 9.99. The van der Waals surface area contributed by atoms with E-state index in [1.807, 2.05) is 48.5 Å². The van der Waals surface area contributed by atoms with Gasteiger partial charge in [0.2, 0.25) is 0 Å². The van der Waals surface area contributed by atoms with E-state index in [0.717, 1.165) is 16.7 Å². The van der Waals surface area contributed by atoms with E-state index in [1.54, 1.807) is 6.92 Å². The van der Waals surface area contributed by atoms with Crippen molar-refractivity contribution in [2.24, 2.45) is 5.73 Å². The lowest BCUT2D eigenvalue weighted by Crippen LogP contribution is -2.44. The fourth-order valence-corrected chi connectivity index (χ4v) is 2.74. The van der Waals surface area contributed by atoms with Gasteiger partial charge in [-0.05, 0) is 42.2 Å². The number of nitrogens with two attached hydrogens (primary N) is 1. The van der Waals surface area contributed by atoms with Crippen LogP contribution in [0.1, 0.15) is 12.5 Å². The smallest absolute Gasteiger partial charge is 0.336 e. The fourth-order valence-electron chi connectivity index (χ4n) is 2.55. The highest BCUT2D eigenvalue weighted by Crippen LogP contribution is 2.23. The molecule has 0 saturated carbocycles. The molecule has 2 atom stereocenters. The third-order valence-electron chi connectivity index (χ3n) is 3.74. The molecule has 0 aliphatic rings. The molecule has 2 N–H and O–H groups in total. The Morgan fingerprint density at radius 3 is 2.40 bits per heavy atom. The Bertz CT molecular complexity index is 677. The molecule has 0 bridgehead atoms. The lowest BCUT2D eigenvalue weighted by molar-refractivity contribution is -0.156. The maximum Gasteiger partial charge on any atom is 0.336 e. The zero-order valence-corrected chi connectivity index (χ0v) is 15.8. The first-order valence-corrected chi connectivity index (χ1v) is 8.22. The van der Waals surface area contributed by atoms with Crippen LogP contribution in [0, 0.1) is 0 Å². The van der Waals surface area contributed by atoms with Crippen molar-refractivity contribution in [2.45, 2.75) is 25.5 Å². The number of benzene rings is 2. The summed E-state index contributed by atoms with van der Waals surface area (Å²) in [6.45, 7) is 2.06. The Morgan fingerprint density at radius 2 is 1.84 bits per heavy atom. The number of carbonyl (C=O) groups excluding carboxylic acids is 1. The molecule has 136 valence electrons. The van der Waals surface area contributed by atoms with Crippen LogP contribution in [-0.4, -0.2) is 31.8 Å². The van der Waals surface area contributed by atoms with Crippen LogP contribution in [0.15, 0.2) is 48.5 Å². The van der Waals surface area contributed by atoms with Gasteiger partial charge in [-0.1, -0.05) is 48.0 Å². The quantitative estimate of drug-likeness (QED) is 0.736. The maximum absolute atomic E-state index is 11.8. The molecule has 4 nitrogen and oxygen atoms in total. The van der Waals surface area contributed by atoms with Gasteiger partial charge in [-0.25, -0.2) is 4.79 Å². The molecule has 0 amide bonds. The highest BCUT2D eigenvalue weighted by molar-refractivity contribution is 6.30. The van der Waals surface area contributed by atoms with E-state index in [2.05, 4.69) is 0 Å². The number of hydrogen-bond donors (Lipinski definition) is 1. The molecular weight excluding hydrogens is 361 g/mol. The average Bonchev–Trinajstić information content (AvgIpc) is 2.56. The third kappa shape index (κ3) is 6.01. The van der Waals surface area contributed by atoms with E-state index < -0.39 is 18.1 Å². The van der Waals surface area contributed by atoms with Crippen LogP contribution in [0.5, 0.6) is 0 Å². The van der Waals surface area contributed by atoms with Crippen molar-refractivity contribution in [1.82, 2.24) is 0 Å². The van der Waals surface area contributed by atoms with Gasteiger partial charge in [-0.2, -0.15) is 0 Å². The molecule has 2 rings (SSSR count). The predicted molar refractivity (Wildman–Crippen MR) is 103 cm³/mol. The van der Waals surface area contributed by atoms with Gasteiger partial charge in [-0.3, -0.25) is 0 Å². The number of hydrogen-bond acceptors (Lipinski definition) is 4. The van der Waals surface area contributed by atoms with Crippen molar-refractivity contribution in [2.75, 3.05) is 13.7 Å². The minimum atomic E-state index is -0.766. The number of halogens is 2. The van der Waals surface area contributed by atoms with Crippen LogP contribution >= 0.6 is 24.0 Å². The minimum absolute atomic E-state index is 0. The molecular formula is C19H23Cl2NO3. The SMILES string of the molecule is CCOC(=O)[C@@H](OC)[C@H](N)Cc1ccc(-c2cccc(Cl)c2)cc1.Cl. The second kappa shape index (κ2) is 10.4. The van der Waals surface area contributed by atoms with E-state index in [1.165, 1.54) is 7.11 Å². The molecule has 25 heavy (non-hydrogen) atoms. The van der Waals surface area contributed by atoms with Gasteiger partial charge in [0.25, 0.3) is 0 Å². The number of rotatable bonds is 7. The summed E-state index contributed by atoms with van der Waals surface area (Å²) in [5.74, 6) is -0.428. The average molecular weight is 384 g/mol. The molecule has 0 aliphatic carbocycles. The van der Waals surface area contributed by atoms with Crippen molar-refractivity contribution in [3.63, 3.8) is 0 Å². The zero-order valence-electron chi connectivity index (χ0n) is 14.3. The first-order chi connectivity index (χ1) is 11.5. The monoisotopic (exact) mass is 383 g/mol. The topological polar surface area (TPSA) is 61.5 Å². The summed E-state index contributed by atoms with van der Waals surface area (Å²) in [4.78, 5) is 11.8. The standard InChI is InChI=1S/C19H22ClNO3.ClH/c1-3-24-19(22)18(23-2)17(21)11-13-7-9-14(10-8-13)15-5-4-6-16(20)12-15;/h4-10,12,17-18H,3,11,21H2,1-2H3;1H/t17-,18+;/m1./s1. The fraction of sp³-hybridized carbons (Fsp3) is 0.316. The zero-order chi connectivity index (χ0) is 17.5. The molecule has 0 aliphatic heterocycles. The Kier molecular flexibility index (Phi) is 8.93. The molecule has 0 fully saturated rings. The summed E-state index contributed by atoms with van der Waals surface area (Å²) in [7, 11) is 1.46. The summed E-state index contributed by atoms with van der Waals surface area (Å²) in [5, 5.41) is 0.705. The van der Waals surface area contributed by atoms with Gasteiger partial charge in [0.1, 0.15) is 0 Å². The first kappa shape index (κ1) is 21.5. The van der Waals surface area contributed by atoms with E-state index in [0.29, 0.717) is 18.1 Å². The first-order valence-electron chi connectivity index (χ1n) is 7.85. The lowest BCUT2D eigenvalue weighted by Gasteiger charge is -2.21. The van der Waals surface area contributed by atoms with Crippen LogP contribution in [0.3, 0.4) is 0 Å². The van der Waals surface area contributed by atoms with Gasteiger partial charge in [0, 0.05) is 18.2 Å². The van der Waals surface area contributed by atoms with E-state index in [4.69, 9.17) is 26.8 Å². The second-order valence-electron chi connectivity index (χ2n) is 5.48. The summed E-state index contributed by atoms with van der Waals surface area (Å²) in [6.07, 6.45) is -0.245. The van der Waals surface area contributed by atoms with E-state index >= 15 is 0 Å². The molecule has 2 aromatic rings. The van der Waals surface area contributed by atoms with Gasteiger partial charge in [-0.15, -0.1) is 12.4 Å². The van der Waals surface area contributed by atoms with Crippen LogP contribution in [0.25, 0.3) is 11.1 Å². The highest BCUT2D eigenvalue weighted by Gasteiger charge is 2.26.